The smallest absolute Gasteiger partial charge is 0.318 e. The molecule has 0 radical (unpaired) electrons. The van der Waals surface area contributed by atoms with E-state index in [-0.39, 0.29) is 16.8 Å². The molecule has 0 saturated heterocycles. The van der Waals surface area contributed by atoms with Gasteiger partial charge in [0.15, 0.2) is 5.82 Å². The molecule has 3 rings (SSSR count). The molecule has 0 saturated carbocycles. The van der Waals surface area contributed by atoms with E-state index < -0.39 is 4.92 Å². The first-order valence-electron chi connectivity index (χ1n) is 6.82. The number of nitrogens with one attached hydrogen (secondary N) is 1. The van der Waals surface area contributed by atoms with Gasteiger partial charge in [0.25, 0.3) is 0 Å². The van der Waals surface area contributed by atoms with Gasteiger partial charge in [0.2, 0.25) is 0 Å². The molecule has 1 aliphatic rings. The van der Waals surface area contributed by atoms with Gasteiger partial charge in [0.1, 0.15) is 22.0 Å². The van der Waals surface area contributed by atoms with E-state index >= 15 is 0 Å². The number of aromatic nitrogens is 1. The standard InChI is InChI=1S/C15H12N4O3S/c1-22-10-4-2-3-9(7-10)12-11(8-16)15(23)18-6-5-17-14(18)13(12)19(20)21/h2-4,7,17H,5-6H2,1H3. The first-order chi connectivity index (χ1) is 11.1. The largest absolute Gasteiger partial charge is 0.497 e. The van der Waals surface area contributed by atoms with Gasteiger partial charge < -0.3 is 14.6 Å². The van der Waals surface area contributed by atoms with E-state index in [0.717, 1.165) is 0 Å². The highest BCUT2D eigenvalue weighted by atomic mass is 32.1. The maximum atomic E-state index is 11.7. The normalized spacial score (nSPS) is 12.2. The van der Waals surface area contributed by atoms with Crippen LogP contribution < -0.4 is 10.1 Å². The van der Waals surface area contributed by atoms with Crippen molar-refractivity contribution in [3.05, 3.63) is 44.6 Å². The van der Waals surface area contributed by atoms with Crippen molar-refractivity contribution in [2.45, 2.75) is 6.54 Å². The van der Waals surface area contributed by atoms with Gasteiger partial charge in [-0.25, -0.2) is 0 Å². The van der Waals surface area contributed by atoms with Crippen LogP contribution in [0.4, 0.5) is 11.5 Å². The van der Waals surface area contributed by atoms with Crippen molar-refractivity contribution in [1.29, 1.82) is 5.26 Å². The van der Waals surface area contributed by atoms with E-state index in [1.165, 1.54) is 7.11 Å². The van der Waals surface area contributed by atoms with Crippen LogP contribution in [-0.2, 0) is 6.54 Å². The Hall–Kier alpha value is -2.92. The molecule has 7 nitrogen and oxygen atoms in total. The van der Waals surface area contributed by atoms with E-state index in [9.17, 15) is 15.4 Å². The SMILES string of the molecule is COc1cccc(-c2c([N+](=O)[O-])c3n(c(=S)c2C#N)CCN3)c1. The topological polar surface area (TPSA) is 93.1 Å². The van der Waals surface area contributed by atoms with E-state index in [4.69, 9.17) is 17.0 Å². The van der Waals surface area contributed by atoms with Gasteiger partial charge in [0.05, 0.1) is 17.6 Å². The molecule has 1 aromatic carbocycles. The molecular weight excluding hydrogens is 316 g/mol. The second-order valence-electron chi connectivity index (χ2n) is 4.93. The summed E-state index contributed by atoms with van der Waals surface area (Å²) < 4.78 is 7.08. The molecule has 8 heteroatoms. The quantitative estimate of drug-likeness (QED) is 0.529. The summed E-state index contributed by atoms with van der Waals surface area (Å²) >= 11 is 5.36. The van der Waals surface area contributed by atoms with Crippen LogP contribution in [0.15, 0.2) is 24.3 Å². The highest BCUT2D eigenvalue weighted by Gasteiger charge is 2.31. The number of rotatable bonds is 3. The van der Waals surface area contributed by atoms with Crippen molar-refractivity contribution >= 4 is 23.7 Å². The van der Waals surface area contributed by atoms with Crippen molar-refractivity contribution < 1.29 is 9.66 Å². The molecule has 1 aliphatic heterocycles. The molecule has 0 aliphatic carbocycles. The number of pyridine rings is 1. The van der Waals surface area contributed by atoms with Crippen LogP contribution in [0.3, 0.4) is 0 Å². The van der Waals surface area contributed by atoms with Crippen LogP contribution in [0.1, 0.15) is 5.56 Å². The van der Waals surface area contributed by atoms with Crippen LogP contribution in [0.25, 0.3) is 11.1 Å². The van der Waals surface area contributed by atoms with E-state index in [2.05, 4.69) is 5.32 Å². The summed E-state index contributed by atoms with van der Waals surface area (Å²) in [4.78, 5) is 11.2. The summed E-state index contributed by atoms with van der Waals surface area (Å²) in [6.07, 6.45) is 0. The molecule has 2 heterocycles. The lowest BCUT2D eigenvalue weighted by atomic mass is 9.99. The van der Waals surface area contributed by atoms with Crippen LogP contribution in [0, 0.1) is 26.1 Å². The Bertz CT molecular complexity index is 914. The number of nitro groups is 1. The number of hydrogen-bond acceptors (Lipinski definition) is 6. The number of fused-ring (bicyclic) bond motifs is 1. The summed E-state index contributed by atoms with van der Waals surface area (Å²) in [6, 6.07) is 8.83. The molecule has 0 spiro atoms. The first-order valence-corrected chi connectivity index (χ1v) is 7.23. The summed E-state index contributed by atoms with van der Waals surface area (Å²) in [6.45, 7) is 1.04. The van der Waals surface area contributed by atoms with Gasteiger partial charge >= 0.3 is 5.69 Å². The third-order valence-electron chi connectivity index (χ3n) is 3.72. The Balaban J connectivity index is 2.44. The fraction of sp³-hybridized carbons (Fsp3) is 0.200. The number of ether oxygens (including phenoxy) is 1. The zero-order chi connectivity index (χ0) is 16.6. The van der Waals surface area contributed by atoms with Crippen molar-refractivity contribution in [3.8, 4) is 22.9 Å². The van der Waals surface area contributed by atoms with Crippen LogP contribution in [-0.4, -0.2) is 23.1 Å². The van der Waals surface area contributed by atoms with Gasteiger partial charge in [0, 0.05) is 13.1 Å². The molecule has 0 amide bonds. The first kappa shape index (κ1) is 15.0. The summed E-state index contributed by atoms with van der Waals surface area (Å²) in [5.74, 6) is 0.893. The maximum absolute atomic E-state index is 11.7. The molecule has 2 aromatic rings. The Morgan fingerprint density at radius 3 is 2.96 bits per heavy atom. The van der Waals surface area contributed by atoms with E-state index in [1.54, 1.807) is 28.8 Å². The minimum atomic E-state index is -0.478. The molecular formula is C15H12N4O3S. The van der Waals surface area contributed by atoms with Gasteiger partial charge in [-0.2, -0.15) is 5.26 Å². The molecule has 0 bridgehead atoms. The summed E-state index contributed by atoms with van der Waals surface area (Å²) in [7, 11) is 1.51. The number of hydrogen-bond donors (Lipinski definition) is 1. The second kappa shape index (κ2) is 5.70. The third-order valence-corrected chi connectivity index (χ3v) is 4.15. The zero-order valence-corrected chi connectivity index (χ0v) is 13.0. The third kappa shape index (κ3) is 2.31. The van der Waals surface area contributed by atoms with Crippen molar-refractivity contribution in [1.82, 2.24) is 4.57 Å². The Morgan fingerprint density at radius 2 is 2.30 bits per heavy atom. The molecule has 1 aromatic heterocycles. The molecule has 0 fully saturated rings. The number of benzene rings is 1. The second-order valence-corrected chi connectivity index (χ2v) is 5.32. The predicted molar refractivity (Wildman–Crippen MR) is 87.1 cm³/mol. The average molecular weight is 328 g/mol. The highest BCUT2D eigenvalue weighted by Crippen LogP contribution is 2.41. The van der Waals surface area contributed by atoms with Crippen molar-refractivity contribution in [2.24, 2.45) is 0 Å². The van der Waals surface area contributed by atoms with Crippen LogP contribution in [0.2, 0.25) is 0 Å². The summed E-state index contributed by atoms with van der Waals surface area (Å²) in [5.41, 5.74) is 0.742. The Labute approximate surface area is 136 Å². The average Bonchev–Trinajstić information content (AvgIpc) is 3.04. The number of nitriles is 1. The molecule has 116 valence electrons. The Kier molecular flexibility index (Phi) is 3.72. The number of anilines is 1. The van der Waals surface area contributed by atoms with Gasteiger partial charge in [-0.15, -0.1) is 0 Å². The minimum Gasteiger partial charge on any atom is -0.497 e. The number of methoxy groups -OCH3 is 1. The maximum Gasteiger partial charge on any atom is 0.318 e. The summed E-state index contributed by atoms with van der Waals surface area (Å²) in [5, 5.41) is 24.2. The fourth-order valence-corrected chi connectivity index (χ4v) is 3.06. The van der Waals surface area contributed by atoms with Gasteiger partial charge in [-0.05, 0) is 17.7 Å². The predicted octanol–water partition coefficient (Wildman–Crippen LogP) is 3.10. The lowest BCUT2D eigenvalue weighted by Crippen LogP contribution is -2.06. The van der Waals surface area contributed by atoms with E-state index in [1.807, 2.05) is 6.07 Å². The lowest BCUT2D eigenvalue weighted by molar-refractivity contribution is -0.383. The van der Waals surface area contributed by atoms with Crippen LogP contribution >= 0.6 is 12.2 Å². The number of nitrogens with zero attached hydrogens (tertiary/aromatic N) is 3. The van der Waals surface area contributed by atoms with Gasteiger partial charge in [-0.1, -0.05) is 24.4 Å². The van der Waals surface area contributed by atoms with E-state index in [0.29, 0.717) is 34.9 Å². The van der Waals surface area contributed by atoms with Crippen LogP contribution in [0.5, 0.6) is 5.75 Å². The fourth-order valence-electron chi connectivity index (χ4n) is 2.73. The molecule has 0 atom stereocenters. The Morgan fingerprint density at radius 1 is 1.52 bits per heavy atom. The van der Waals surface area contributed by atoms with Gasteiger partial charge in [-0.3, -0.25) is 10.1 Å². The monoisotopic (exact) mass is 328 g/mol. The highest BCUT2D eigenvalue weighted by molar-refractivity contribution is 7.71. The molecule has 1 N–H and O–H groups in total. The zero-order valence-electron chi connectivity index (χ0n) is 12.2. The minimum absolute atomic E-state index is 0.132. The molecule has 23 heavy (non-hydrogen) atoms. The molecule has 0 unspecified atom stereocenters. The van der Waals surface area contributed by atoms with Crippen molar-refractivity contribution in [2.75, 3.05) is 19.0 Å². The van der Waals surface area contributed by atoms with Crippen molar-refractivity contribution in [3.63, 3.8) is 0 Å². The lowest BCUT2D eigenvalue weighted by Gasteiger charge is -2.12.